The third kappa shape index (κ3) is 1.27. The summed E-state index contributed by atoms with van der Waals surface area (Å²) in [6, 6.07) is 9.13. The normalized spacial score (nSPS) is 23.5. The van der Waals surface area contributed by atoms with Crippen molar-refractivity contribution in [1.82, 2.24) is 0 Å². The van der Waals surface area contributed by atoms with Gasteiger partial charge < -0.3 is 5.73 Å². The van der Waals surface area contributed by atoms with Crippen LogP contribution in [0.1, 0.15) is 42.7 Å². The molecule has 0 aliphatic heterocycles. The van der Waals surface area contributed by atoms with Crippen LogP contribution in [0.15, 0.2) is 24.3 Å². The van der Waals surface area contributed by atoms with Crippen LogP contribution in [0.2, 0.25) is 0 Å². The van der Waals surface area contributed by atoms with Crippen molar-refractivity contribution in [2.24, 2.45) is 5.73 Å². The molecule has 0 unspecified atom stereocenters. The average Bonchev–Trinajstić information content (AvgIpc) is 3.12. The number of hydrogen-bond acceptors (Lipinski definition) is 1. The zero-order valence-electron chi connectivity index (χ0n) is 8.50. The third-order valence-electron chi connectivity index (χ3n) is 3.79. The summed E-state index contributed by atoms with van der Waals surface area (Å²) in [5, 5.41) is 0. The maximum atomic E-state index is 5.84. The fourth-order valence-corrected chi connectivity index (χ4v) is 2.30. The first-order chi connectivity index (χ1) is 6.84. The number of rotatable bonds is 3. The molecule has 0 radical (unpaired) electrons. The molecule has 1 heteroatoms. The van der Waals surface area contributed by atoms with Crippen LogP contribution in [0.5, 0.6) is 0 Å². The van der Waals surface area contributed by atoms with Gasteiger partial charge in [-0.25, -0.2) is 0 Å². The molecule has 14 heavy (non-hydrogen) atoms. The van der Waals surface area contributed by atoms with Gasteiger partial charge in [0.15, 0.2) is 0 Å². The van der Waals surface area contributed by atoms with Gasteiger partial charge in [-0.1, -0.05) is 24.3 Å². The van der Waals surface area contributed by atoms with Crippen LogP contribution < -0.4 is 5.73 Å². The Morgan fingerprint density at radius 3 is 2.64 bits per heavy atom. The van der Waals surface area contributed by atoms with Gasteiger partial charge in [-0.15, -0.1) is 0 Å². The Bertz CT molecular complexity index is 348. The lowest BCUT2D eigenvalue weighted by Gasteiger charge is -2.13. The van der Waals surface area contributed by atoms with Gasteiger partial charge in [0.05, 0.1) is 0 Å². The Hall–Kier alpha value is -0.820. The highest BCUT2D eigenvalue weighted by atomic mass is 14.7. The molecule has 1 nitrogen and oxygen atoms in total. The molecule has 0 heterocycles. The zero-order valence-corrected chi connectivity index (χ0v) is 8.50. The summed E-state index contributed by atoms with van der Waals surface area (Å²) in [6.45, 7) is 0.821. The van der Waals surface area contributed by atoms with E-state index in [9.17, 15) is 0 Å². The Kier molecular flexibility index (Phi) is 1.72. The molecule has 0 atom stereocenters. The van der Waals surface area contributed by atoms with Crippen LogP contribution >= 0.6 is 0 Å². The molecule has 0 spiro atoms. The maximum Gasteiger partial charge on any atom is 0.00763 e. The summed E-state index contributed by atoms with van der Waals surface area (Å²) in [6.07, 6.45) is 5.35. The van der Waals surface area contributed by atoms with Crippen LogP contribution in [-0.2, 0) is 5.41 Å². The van der Waals surface area contributed by atoms with Gasteiger partial charge in [-0.2, -0.15) is 0 Å². The monoisotopic (exact) mass is 187 g/mol. The first kappa shape index (κ1) is 8.49. The van der Waals surface area contributed by atoms with Gasteiger partial charge in [0.1, 0.15) is 0 Å². The van der Waals surface area contributed by atoms with E-state index in [0.29, 0.717) is 5.41 Å². The zero-order chi connectivity index (χ0) is 9.60. The molecular weight excluding hydrogens is 170 g/mol. The fraction of sp³-hybridized carbons (Fsp3) is 0.538. The van der Waals surface area contributed by atoms with Gasteiger partial charge in [-0.3, -0.25) is 0 Å². The summed E-state index contributed by atoms with van der Waals surface area (Å²) >= 11 is 0. The van der Waals surface area contributed by atoms with Crippen molar-refractivity contribution in [2.45, 2.75) is 37.0 Å². The Balaban J connectivity index is 1.94. The standard InChI is InChI=1S/C13H17N/c14-9-13(6-7-13)12-3-1-2-11(8-12)10-4-5-10/h1-3,8,10H,4-7,9,14H2. The number of nitrogens with two attached hydrogens (primary N) is 1. The van der Waals surface area contributed by atoms with Gasteiger partial charge in [0.2, 0.25) is 0 Å². The van der Waals surface area contributed by atoms with Gasteiger partial charge in [-0.05, 0) is 42.7 Å². The van der Waals surface area contributed by atoms with Gasteiger partial charge in [0.25, 0.3) is 0 Å². The predicted octanol–water partition coefficient (Wildman–Crippen LogP) is 2.55. The summed E-state index contributed by atoms with van der Waals surface area (Å²) in [7, 11) is 0. The van der Waals surface area contributed by atoms with E-state index in [4.69, 9.17) is 5.73 Å². The lowest BCUT2D eigenvalue weighted by Crippen LogP contribution is -2.19. The van der Waals surface area contributed by atoms with Crippen LogP contribution in [-0.4, -0.2) is 6.54 Å². The topological polar surface area (TPSA) is 26.0 Å². The SMILES string of the molecule is NCC1(c2cccc(C3CC3)c2)CC1. The van der Waals surface area contributed by atoms with Crippen molar-refractivity contribution in [3.05, 3.63) is 35.4 Å². The van der Waals surface area contributed by atoms with Crippen LogP contribution in [0.4, 0.5) is 0 Å². The van der Waals surface area contributed by atoms with Crippen LogP contribution in [0, 0.1) is 0 Å². The van der Waals surface area contributed by atoms with Crippen molar-refractivity contribution in [3.63, 3.8) is 0 Å². The van der Waals surface area contributed by atoms with Crippen molar-refractivity contribution in [3.8, 4) is 0 Å². The molecular formula is C13H17N. The van der Waals surface area contributed by atoms with E-state index in [0.717, 1.165) is 12.5 Å². The van der Waals surface area contributed by atoms with E-state index in [1.54, 1.807) is 5.56 Å². The molecule has 2 fully saturated rings. The van der Waals surface area contributed by atoms with E-state index in [-0.39, 0.29) is 0 Å². The van der Waals surface area contributed by atoms with Gasteiger partial charge >= 0.3 is 0 Å². The minimum Gasteiger partial charge on any atom is -0.330 e. The van der Waals surface area contributed by atoms with E-state index in [2.05, 4.69) is 24.3 Å². The molecule has 0 amide bonds. The van der Waals surface area contributed by atoms with Crippen LogP contribution in [0.25, 0.3) is 0 Å². The second kappa shape index (κ2) is 2.83. The molecule has 74 valence electrons. The summed E-state index contributed by atoms with van der Waals surface area (Å²) < 4.78 is 0. The van der Waals surface area contributed by atoms with E-state index >= 15 is 0 Å². The quantitative estimate of drug-likeness (QED) is 0.773. The first-order valence-electron chi connectivity index (χ1n) is 5.65. The summed E-state index contributed by atoms with van der Waals surface area (Å²) in [5.41, 5.74) is 9.24. The highest BCUT2D eigenvalue weighted by Gasteiger charge is 2.43. The minimum atomic E-state index is 0.366. The Morgan fingerprint density at radius 2 is 2.07 bits per heavy atom. The number of benzene rings is 1. The van der Waals surface area contributed by atoms with E-state index in [1.165, 1.54) is 31.2 Å². The summed E-state index contributed by atoms with van der Waals surface area (Å²) in [5.74, 6) is 0.864. The highest BCUT2D eigenvalue weighted by molar-refractivity contribution is 5.37. The smallest absolute Gasteiger partial charge is 0.00763 e. The average molecular weight is 187 g/mol. The van der Waals surface area contributed by atoms with Gasteiger partial charge in [0, 0.05) is 12.0 Å². The molecule has 2 aliphatic rings. The molecule has 1 aromatic carbocycles. The minimum absolute atomic E-state index is 0.366. The molecule has 2 N–H and O–H groups in total. The molecule has 0 saturated heterocycles. The van der Waals surface area contributed by atoms with E-state index in [1.807, 2.05) is 0 Å². The molecule has 3 rings (SSSR count). The first-order valence-corrected chi connectivity index (χ1v) is 5.65. The Morgan fingerprint density at radius 1 is 1.29 bits per heavy atom. The molecule has 2 aliphatic carbocycles. The second-order valence-corrected chi connectivity index (χ2v) is 4.88. The molecule has 1 aromatic rings. The lowest BCUT2D eigenvalue weighted by molar-refractivity contribution is 0.703. The highest BCUT2D eigenvalue weighted by Crippen LogP contribution is 2.49. The van der Waals surface area contributed by atoms with Crippen LogP contribution in [0.3, 0.4) is 0 Å². The van der Waals surface area contributed by atoms with Crippen molar-refractivity contribution in [1.29, 1.82) is 0 Å². The van der Waals surface area contributed by atoms with Crippen molar-refractivity contribution in [2.75, 3.05) is 6.54 Å². The second-order valence-electron chi connectivity index (χ2n) is 4.88. The molecule has 0 aromatic heterocycles. The maximum absolute atomic E-state index is 5.84. The number of hydrogen-bond donors (Lipinski definition) is 1. The lowest BCUT2D eigenvalue weighted by atomic mass is 9.93. The fourth-order valence-electron chi connectivity index (χ4n) is 2.30. The van der Waals surface area contributed by atoms with E-state index < -0.39 is 0 Å². The molecule has 0 bridgehead atoms. The predicted molar refractivity (Wildman–Crippen MR) is 58.4 cm³/mol. The van der Waals surface area contributed by atoms with Crippen molar-refractivity contribution < 1.29 is 0 Å². The third-order valence-corrected chi connectivity index (χ3v) is 3.79. The summed E-state index contributed by atoms with van der Waals surface area (Å²) in [4.78, 5) is 0. The molecule has 2 saturated carbocycles. The van der Waals surface area contributed by atoms with Crippen molar-refractivity contribution >= 4 is 0 Å². The largest absolute Gasteiger partial charge is 0.330 e. The Labute approximate surface area is 85.3 Å².